The molecule has 0 saturated carbocycles. The summed E-state index contributed by atoms with van der Waals surface area (Å²) in [7, 11) is 0. The van der Waals surface area contributed by atoms with Gasteiger partial charge in [0, 0.05) is 45.0 Å². The Morgan fingerprint density at radius 2 is 1.00 bits per heavy atom. The molecule has 0 bridgehead atoms. The Bertz CT molecular complexity index is 8.00. The van der Waals surface area contributed by atoms with Crippen LogP contribution in [0.3, 0.4) is 0 Å². The second-order valence-corrected chi connectivity index (χ2v) is 0. The van der Waals surface area contributed by atoms with Crippen LogP contribution in [0, 0.1) is 0 Å². The molecule has 0 amide bonds. The molecule has 4 heteroatoms. The summed E-state index contributed by atoms with van der Waals surface area (Å²) < 4.78 is 0. The van der Waals surface area contributed by atoms with Gasteiger partial charge in [0.15, 0.2) is 0 Å². The monoisotopic (exact) mass is 239 g/mol. The maximum absolute atomic E-state index is 0. The van der Waals surface area contributed by atoms with E-state index < -0.39 is 0 Å². The van der Waals surface area contributed by atoms with Crippen molar-refractivity contribution in [2.75, 3.05) is 0 Å². The second-order valence-electron chi connectivity index (χ2n) is 0. The fraction of sp³-hybridized carbons (Fsp3) is 0. The van der Waals surface area contributed by atoms with Crippen molar-refractivity contribution in [2.24, 2.45) is 0 Å². The van der Waals surface area contributed by atoms with Crippen LogP contribution in [0.1, 0.15) is 0 Å². The topological polar surface area (TPSA) is 59.0 Å². The molecule has 4 heavy (non-hydrogen) atoms. The van der Waals surface area contributed by atoms with Gasteiger partial charge in [0.25, 0.3) is 0 Å². The Hall–Kier alpha value is 0.877. The van der Waals surface area contributed by atoms with E-state index in [9.17, 15) is 0 Å². The quantitative estimate of drug-likeness (QED) is 0.488. The van der Waals surface area contributed by atoms with Crippen LogP contribution in [0.25, 0.3) is 0 Å². The van der Waals surface area contributed by atoms with Crippen LogP contribution in [0.2, 0.25) is 0 Å². The molecular weight excluding hydrogens is 239 g/mol. The predicted octanol–water partition coefficient (Wildman–Crippen LogP) is -0.983. The van der Waals surface area contributed by atoms with Gasteiger partial charge in [0.05, 0.1) is 0 Å². The zero-order valence-electron chi connectivity index (χ0n) is 1.80. The average molecular weight is 239 g/mol. The van der Waals surface area contributed by atoms with E-state index in [0.29, 0.717) is 0 Å². The minimum Gasteiger partial charge on any atom is 0 e. The molecule has 0 N–H and O–H groups in total. The van der Waals surface area contributed by atoms with E-state index in [0.717, 1.165) is 0 Å². The molecule has 0 aliphatic carbocycles. The zero-order valence-corrected chi connectivity index (χ0v) is 6.02. The van der Waals surface area contributed by atoms with Gasteiger partial charge in [0.1, 0.15) is 0 Å². The van der Waals surface area contributed by atoms with Crippen molar-refractivity contribution in [3.8, 4) is 0 Å². The van der Waals surface area contributed by atoms with E-state index in [4.69, 9.17) is 0 Å². The predicted molar refractivity (Wildman–Crippen MR) is 8.57 cm³/mol. The van der Waals surface area contributed by atoms with Crippen molar-refractivity contribution in [1.82, 2.24) is 6.15 Å². The van der Waals surface area contributed by atoms with E-state index in [2.05, 4.69) is 0 Å². The van der Waals surface area contributed by atoms with Crippen molar-refractivity contribution in [2.45, 2.75) is 0 Å². The molecule has 0 spiro atoms. The summed E-state index contributed by atoms with van der Waals surface area (Å²) in [5.74, 6) is 0. The summed E-state index contributed by atoms with van der Waals surface area (Å²) in [6, 6.07) is 0. The van der Waals surface area contributed by atoms with Crippen LogP contribution >= 0.6 is 0 Å². The van der Waals surface area contributed by atoms with Crippen LogP contribution in [0.15, 0.2) is 0 Å². The Labute approximate surface area is 45.4 Å². The van der Waals surface area contributed by atoms with E-state index >= 15 is 0 Å². The van der Waals surface area contributed by atoms with Gasteiger partial charge < -0.3 is 0 Å². The molecule has 0 saturated heterocycles. The van der Waals surface area contributed by atoms with E-state index in [1.165, 1.54) is 0 Å². The van der Waals surface area contributed by atoms with Crippen molar-refractivity contribution in [3.63, 3.8) is 0 Å². The average Bonchev–Trinajstić information content (AvgIpc) is 0. The van der Waals surface area contributed by atoms with Crippen LogP contribution in [0.4, 0.5) is 0 Å². The van der Waals surface area contributed by atoms with Gasteiger partial charge in [-0.05, 0) is 0 Å². The molecule has 10 radical (unpaired) electrons. The van der Waals surface area contributed by atoms with Crippen molar-refractivity contribution in [1.29, 1.82) is 0 Å². The minimum absolute atomic E-state index is 0. The zero-order chi connectivity index (χ0) is 0. The number of rotatable bonds is 0. The molecule has 0 fully saturated rings. The first-order valence-electron chi connectivity index (χ1n) is 0. The van der Waals surface area contributed by atoms with Crippen molar-refractivity contribution >= 4 is 11.0 Å². The van der Waals surface area contributed by atoms with Crippen LogP contribution in [0.5, 0.6) is 0 Å². The van der Waals surface area contributed by atoms with Crippen LogP contribution in [-0.4, -0.2) is 11.0 Å². The van der Waals surface area contributed by atoms with Crippen molar-refractivity contribution < 1.29 is 27.9 Å². The molecular formula is NOSiTa. The molecule has 0 aromatic carbocycles. The molecule has 0 heterocycles. The summed E-state index contributed by atoms with van der Waals surface area (Å²) in [6.07, 6.45) is 0. The van der Waals surface area contributed by atoms with Gasteiger partial charge >= 0.3 is 0 Å². The molecule has 0 aromatic rings. The van der Waals surface area contributed by atoms with Gasteiger partial charge in [0.2, 0.25) is 0 Å². The Morgan fingerprint density at radius 1 is 1.00 bits per heavy atom. The van der Waals surface area contributed by atoms with Gasteiger partial charge in [-0.15, -0.1) is 0 Å². The third-order valence-corrected chi connectivity index (χ3v) is 0. The summed E-state index contributed by atoms with van der Waals surface area (Å²) in [6.45, 7) is 0. The summed E-state index contributed by atoms with van der Waals surface area (Å²) in [5.41, 5.74) is 0. The second kappa shape index (κ2) is 41.7. The van der Waals surface area contributed by atoms with Gasteiger partial charge in [-0.25, -0.2) is 0 Å². The molecule has 20 valence electrons. The maximum Gasteiger partial charge on any atom is 0 e. The Morgan fingerprint density at radius 3 is 1.00 bits per heavy atom. The third-order valence-electron chi connectivity index (χ3n) is 0. The van der Waals surface area contributed by atoms with Crippen molar-refractivity contribution in [3.05, 3.63) is 0 Å². The molecule has 0 atom stereocenters. The summed E-state index contributed by atoms with van der Waals surface area (Å²) in [5, 5.41) is 0. The molecule has 0 rings (SSSR count). The van der Waals surface area contributed by atoms with Gasteiger partial charge in [-0.1, -0.05) is 0 Å². The Balaban J connectivity index is 0. The smallest absolute Gasteiger partial charge is 0 e. The number of hydrogen-bond acceptors (Lipinski definition) is 0. The van der Waals surface area contributed by atoms with Gasteiger partial charge in [-0.2, -0.15) is 0 Å². The van der Waals surface area contributed by atoms with Gasteiger partial charge in [-0.3, -0.25) is 0 Å². The maximum atomic E-state index is 0. The summed E-state index contributed by atoms with van der Waals surface area (Å²) in [4.78, 5) is 0. The third kappa shape index (κ3) is 13.2. The number of hydrogen-bond donors (Lipinski definition) is 0. The number of nitrogens with zero attached hydrogens (tertiary/aromatic N) is 1. The van der Waals surface area contributed by atoms with E-state index in [1.54, 1.807) is 0 Å². The molecule has 2 nitrogen and oxygen atoms in total. The SMILES string of the molecule is [N].[O].[Si].[Ta]. The Kier molecular flexibility index (Phi) is 994. The fourth-order valence-corrected chi connectivity index (χ4v) is 0. The minimum atomic E-state index is 0. The largest absolute Gasteiger partial charge is 0 e. The van der Waals surface area contributed by atoms with Crippen LogP contribution in [-0.2, 0) is 27.9 Å². The van der Waals surface area contributed by atoms with E-state index in [-0.39, 0.29) is 45.0 Å². The molecule has 0 aliphatic heterocycles. The summed E-state index contributed by atoms with van der Waals surface area (Å²) >= 11 is 0. The van der Waals surface area contributed by atoms with E-state index in [1.807, 2.05) is 0 Å². The normalized spacial score (nSPS) is 0. The van der Waals surface area contributed by atoms with Crippen LogP contribution < -0.4 is 6.15 Å². The first-order valence-corrected chi connectivity index (χ1v) is 0. The first-order chi connectivity index (χ1) is 0. The fourth-order valence-electron chi connectivity index (χ4n) is 0. The standard InChI is InChI=1S/N.O.Si.Ta. The molecule has 0 unspecified atom stereocenters. The first kappa shape index (κ1) is 95.3. The molecule has 0 aliphatic rings. The molecule has 0 aromatic heterocycles.